The van der Waals surface area contributed by atoms with Crippen LogP contribution in [0.5, 0.6) is 0 Å². The van der Waals surface area contributed by atoms with Gasteiger partial charge in [-0.3, -0.25) is 0 Å². The number of rotatable bonds is 10. The van der Waals surface area contributed by atoms with E-state index >= 15 is 0 Å². The predicted molar refractivity (Wildman–Crippen MR) is 105 cm³/mol. The number of morpholine rings is 1. The SMILES string of the molecule is CC[C@@H](CCO)CNS(=O)(=O)C[C@H]1CN(C(=O)OCc2ccccc2)CCO1. The van der Waals surface area contributed by atoms with E-state index < -0.39 is 22.2 Å². The number of benzene rings is 1. The first kappa shape index (κ1) is 22.6. The molecule has 0 unspecified atom stereocenters. The van der Waals surface area contributed by atoms with Gasteiger partial charge in [-0.25, -0.2) is 17.9 Å². The highest BCUT2D eigenvalue weighted by Gasteiger charge is 2.29. The van der Waals surface area contributed by atoms with E-state index in [1.807, 2.05) is 37.3 Å². The molecule has 1 heterocycles. The maximum absolute atomic E-state index is 12.3. The zero-order chi connectivity index (χ0) is 20.4. The minimum atomic E-state index is -3.54. The minimum Gasteiger partial charge on any atom is -0.445 e. The van der Waals surface area contributed by atoms with Gasteiger partial charge in [0.05, 0.1) is 25.0 Å². The lowest BCUT2D eigenvalue weighted by molar-refractivity contribution is -0.0179. The molecule has 0 spiro atoms. The Labute approximate surface area is 166 Å². The van der Waals surface area contributed by atoms with Crippen LogP contribution in [0.25, 0.3) is 0 Å². The maximum Gasteiger partial charge on any atom is 0.410 e. The molecule has 0 saturated carbocycles. The Kier molecular flexibility index (Phi) is 9.17. The average Bonchev–Trinajstić information content (AvgIpc) is 2.70. The molecule has 0 aromatic heterocycles. The summed E-state index contributed by atoms with van der Waals surface area (Å²) < 4.78 is 38.1. The standard InChI is InChI=1S/C19H30N2O6S/c1-2-16(8-10-22)12-20-28(24,25)15-18-13-21(9-11-26-18)19(23)27-14-17-6-4-3-5-7-17/h3-7,16,18,20,22H,2,8-15H2,1H3/t16-,18+/m0/s1. The Morgan fingerprint density at radius 1 is 1.39 bits per heavy atom. The summed E-state index contributed by atoms with van der Waals surface area (Å²) in [6.07, 6.45) is 0.259. The number of carbonyl (C=O) groups is 1. The molecule has 0 radical (unpaired) electrons. The van der Waals surface area contributed by atoms with Gasteiger partial charge in [0, 0.05) is 19.7 Å². The lowest BCUT2D eigenvalue weighted by Crippen LogP contribution is -2.49. The van der Waals surface area contributed by atoms with E-state index in [4.69, 9.17) is 14.6 Å². The molecule has 8 nitrogen and oxygen atoms in total. The zero-order valence-electron chi connectivity index (χ0n) is 16.2. The molecule has 2 atom stereocenters. The number of hydrogen-bond donors (Lipinski definition) is 2. The zero-order valence-corrected chi connectivity index (χ0v) is 17.1. The van der Waals surface area contributed by atoms with Gasteiger partial charge in [0.25, 0.3) is 0 Å². The number of sulfonamides is 1. The first-order valence-electron chi connectivity index (χ1n) is 9.59. The second kappa shape index (κ2) is 11.4. The summed E-state index contributed by atoms with van der Waals surface area (Å²) in [7, 11) is -3.54. The van der Waals surface area contributed by atoms with E-state index in [0.717, 1.165) is 12.0 Å². The van der Waals surface area contributed by atoms with Crippen LogP contribution in [0.15, 0.2) is 30.3 Å². The third-order valence-corrected chi connectivity index (χ3v) is 6.13. The lowest BCUT2D eigenvalue weighted by Gasteiger charge is -2.32. The highest BCUT2D eigenvalue weighted by atomic mass is 32.2. The maximum atomic E-state index is 12.3. The van der Waals surface area contributed by atoms with Crippen molar-refractivity contribution in [3.63, 3.8) is 0 Å². The summed E-state index contributed by atoms with van der Waals surface area (Å²) in [5.41, 5.74) is 0.890. The van der Waals surface area contributed by atoms with Crippen molar-refractivity contribution in [1.82, 2.24) is 9.62 Å². The molecule has 0 aliphatic carbocycles. The molecule has 158 valence electrons. The number of nitrogens with one attached hydrogen (secondary N) is 1. The van der Waals surface area contributed by atoms with E-state index in [1.54, 1.807) is 0 Å². The number of nitrogens with zero attached hydrogens (tertiary/aromatic N) is 1. The third-order valence-electron chi connectivity index (χ3n) is 4.71. The fourth-order valence-electron chi connectivity index (χ4n) is 2.98. The first-order chi connectivity index (χ1) is 13.4. The van der Waals surface area contributed by atoms with Crippen molar-refractivity contribution in [2.24, 2.45) is 5.92 Å². The van der Waals surface area contributed by atoms with Gasteiger partial charge in [-0.1, -0.05) is 43.7 Å². The van der Waals surface area contributed by atoms with Gasteiger partial charge in [-0.15, -0.1) is 0 Å². The molecule has 0 bridgehead atoms. The van der Waals surface area contributed by atoms with Crippen molar-refractivity contribution in [1.29, 1.82) is 0 Å². The van der Waals surface area contributed by atoms with Crippen LogP contribution in [-0.4, -0.2) is 69.2 Å². The minimum absolute atomic E-state index is 0.0338. The highest BCUT2D eigenvalue weighted by Crippen LogP contribution is 2.11. The van der Waals surface area contributed by atoms with Gasteiger partial charge in [0.15, 0.2) is 0 Å². The van der Waals surface area contributed by atoms with Gasteiger partial charge in [0.2, 0.25) is 10.0 Å². The van der Waals surface area contributed by atoms with Crippen molar-refractivity contribution in [2.75, 3.05) is 38.6 Å². The van der Waals surface area contributed by atoms with Crippen LogP contribution in [0, 0.1) is 5.92 Å². The Morgan fingerprint density at radius 2 is 2.14 bits per heavy atom. The number of hydrogen-bond acceptors (Lipinski definition) is 6. The van der Waals surface area contributed by atoms with Gasteiger partial charge in [-0.2, -0.15) is 0 Å². The Bertz CT molecular complexity index is 698. The Morgan fingerprint density at radius 3 is 2.82 bits per heavy atom. The molecule has 9 heteroatoms. The second-order valence-corrected chi connectivity index (χ2v) is 8.75. The summed E-state index contributed by atoms with van der Waals surface area (Å²) in [5, 5.41) is 9.01. The van der Waals surface area contributed by atoms with Crippen LogP contribution >= 0.6 is 0 Å². The Balaban J connectivity index is 1.80. The van der Waals surface area contributed by atoms with E-state index in [0.29, 0.717) is 13.0 Å². The van der Waals surface area contributed by atoms with E-state index in [9.17, 15) is 13.2 Å². The topological polar surface area (TPSA) is 105 Å². The third kappa shape index (κ3) is 7.75. The van der Waals surface area contributed by atoms with Gasteiger partial charge >= 0.3 is 6.09 Å². The highest BCUT2D eigenvalue weighted by molar-refractivity contribution is 7.89. The molecule has 2 rings (SSSR count). The van der Waals surface area contributed by atoms with Crippen LogP contribution in [0.4, 0.5) is 4.79 Å². The summed E-state index contributed by atoms with van der Waals surface area (Å²) in [6.45, 7) is 3.25. The van der Waals surface area contributed by atoms with Crippen molar-refractivity contribution in [3.8, 4) is 0 Å². The lowest BCUT2D eigenvalue weighted by atomic mass is 10.0. The van der Waals surface area contributed by atoms with Crippen LogP contribution in [-0.2, 0) is 26.1 Å². The second-order valence-electron chi connectivity index (χ2n) is 6.90. The largest absolute Gasteiger partial charge is 0.445 e. The molecule has 1 aliphatic heterocycles. The molecule has 2 N–H and O–H groups in total. The number of aliphatic hydroxyl groups is 1. The molecule has 28 heavy (non-hydrogen) atoms. The fraction of sp³-hybridized carbons (Fsp3) is 0.632. The number of aliphatic hydroxyl groups excluding tert-OH is 1. The van der Waals surface area contributed by atoms with Gasteiger partial charge in [-0.05, 0) is 17.9 Å². The van der Waals surface area contributed by atoms with E-state index in [1.165, 1.54) is 4.90 Å². The molecular formula is C19H30N2O6S. The average molecular weight is 415 g/mol. The van der Waals surface area contributed by atoms with E-state index in [2.05, 4.69) is 4.72 Å². The number of ether oxygens (including phenoxy) is 2. The first-order valence-corrected chi connectivity index (χ1v) is 11.2. The van der Waals surface area contributed by atoms with Crippen molar-refractivity contribution in [3.05, 3.63) is 35.9 Å². The summed E-state index contributed by atoms with van der Waals surface area (Å²) in [6, 6.07) is 9.37. The quantitative estimate of drug-likeness (QED) is 0.599. The molecule has 1 amide bonds. The number of amides is 1. The van der Waals surface area contributed by atoms with Crippen LogP contribution in [0.2, 0.25) is 0 Å². The molecule has 1 fully saturated rings. The van der Waals surface area contributed by atoms with E-state index in [-0.39, 0.29) is 44.6 Å². The predicted octanol–water partition coefficient (Wildman–Crippen LogP) is 1.35. The van der Waals surface area contributed by atoms with Crippen LogP contribution in [0.3, 0.4) is 0 Å². The smallest absolute Gasteiger partial charge is 0.410 e. The summed E-state index contributed by atoms with van der Waals surface area (Å²) in [4.78, 5) is 13.7. The Hall–Kier alpha value is -1.68. The molecule has 1 aromatic rings. The fourth-order valence-corrected chi connectivity index (χ4v) is 4.28. The summed E-state index contributed by atoms with van der Waals surface area (Å²) in [5.74, 6) is -0.123. The van der Waals surface area contributed by atoms with Crippen LogP contribution < -0.4 is 4.72 Å². The van der Waals surface area contributed by atoms with Gasteiger partial charge < -0.3 is 19.5 Å². The molecule has 1 aromatic carbocycles. The van der Waals surface area contributed by atoms with Crippen LogP contribution in [0.1, 0.15) is 25.3 Å². The van der Waals surface area contributed by atoms with Crippen molar-refractivity contribution in [2.45, 2.75) is 32.5 Å². The summed E-state index contributed by atoms with van der Waals surface area (Å²) >= 11 is 0. The normalized spacial score (nSPS) is 18.6. The van der Waals surface area contributed by atoms with Gasteiger partial charge in [0.1, 0.15) is 6.61 Å². The molecule has 1 aliphatic rings. The van der Waals surface area contributed by atoms with Crippen molar-refractivity contribution < 1.29 is 27.8 Å². The van der Waals surface area contributed by atoms with Crippen molar-refractivity contribution >= 4 is 16.1 Å². The molecule has 1 saturated heterocycles. The monoisotopic (exact) mass is 414 g/mol. The molecular weight excluding hydrogens is 384 g/mol. The number of carbonyl (C=O) groups excluding carboxylic acids is 1.